The van der Waals surface area contributed by atoms with Crippen LogP contribution in [-0.4, -0.2) is 41.3 Å². The number of anilines is 1. The highest BCUT2D eigenvalue weighted by molar-refractivity contribution is 7.89. The Bertz CT molecular complexity index is 851. The van der Waals surface area contributed by atoms with Crippen molar-refractivity contribution in [2.45, 2.75) is 11.3 Å². The molecule has 1 heterocycles. The fourth-order valence-corrected chi connectivity index (χ4v) is 3.88. The Morgan fingerprint density at radius 3 is 2.38 bits per heavy atom. The molecule has 0 spiro atoms. The lowest BCUT2D eigenvalue weighted by Gasteiger charge is -2.28. The van der Waals surface area contributed by atoms with Gasteiger partial charge in [0, 0.05) is 31.4 Å². The second-order valence-corrected chi connectivity index (χ2v) is 7.72. The van der Waals surface area contributed by atoms with Crippen LogP contribution >= 0.6 is 0 Å². The molecule has 2 aromatic rings. The van der Waals surface area contributed by atoms with Crippen LogP contribution in [-0.2, 0) is 21.2 Å². The quantitative estimate of drug-likeness (QED) is 0.833. The number of nitrogens with one attached hydrogen (secondary N) is 1. The van der Waals surface area contributed by atoms with Crippen molar-refractivity contribution in [2.24, 2.45) is 0 Å². The molecule has 0 unspecified atom stereocenters. The summed E-state index contributed by atoms with van der Waals surface area (Å²) >= 11 is 0. The zero-order valence-corrected chi connectivity index (χ0v) is 14.9. The van der Waals surface area contributed by atoms with Crippen molar-refractivity contribution in [3.05, 3.63) is 59.7 Å². The monoisotopic (exact) mass is 382 g/mol. The van der Waals surface area contributed by atoms with E-state index in [4.69, 9.17) is 4.74 Å². The minimum absolute atomic E-state index is 0.121. The number of halogens is 2. The molecule has 0 aliphatic carbocycles. The van der Waals surface area contributed by atoms with Gasteiger partial charge in [0.15, 0.2) is 0 Å². The normalized spacial score (nSPS) is 15.2. The van der Waals surface area contributed by atoms with E-state index in [1.54, 1.807) is 0 Å². The summed E-state index contributed by atoms with van der Waals surface area (Å²) in [5.41, 5.74) is 2.07. The Balaban J connectivity index is 1.57. The summed E-state index contributed by atoms with van der Waals surface area (Å²) in [5, 5.41) is 0. The van der Waals surface area contributed by atoms with Gasteiger partial charge in [-0.15, -0.1) is 0 Å². The molecule has 3 rings (SSSR count). The summed E-state index contributed by atoms with van der Waals surface area (Å²) in [6.07, 6.45) is 0.464. The number of hydrogen-bond donors (Lipinski definition) is 1. The smallest absolute Gasteiger partial charge is 0.243 e. The summed E-state index contributed by atoms with van der Waals surface area (Å²) in [4.78, 5) is 1.68. The van der Waals surface area contributed by atoms with Crippen LogP contribution in [0, 0.1) is 11.6 Å². The maximum atomic E-state index is 13.6. The van der Waals surface area contributed by atoms with Crippen molar-refractivity contribution in [3.8, 4) is 0 Å². The molecular weight excluding hydrogens is 362 g/mol. The predicted octanol–water partition coefficient (Wildman–Crippen LogP) is 2.32. The minimum Gasteiger partial charge on any atom is -0.378 e. The highest BCUT2D eigenvalue weighted by Crippen LogP contribution is 2.18. The molecule has 26 heavy (non-hydrogen) atoms. The summed E-state index contributed by atoms with van der Waals surface area (Å²) in [7, 11) is -4.02. The van der Waals surface area contributed by atoms with Crippen molar-refractivity contribution >= 4 is 15.7 Å². The average molecular weight is 382 g/mol. The van der Waals surface area contributed by atoms with Crippen molar-refractivity contribution in [1.82, 2.24) is 4.72 Å². The highest BCUT2D eigenvalue weighted by atomic mass is 32.2. The largest absolute Gasteiger partial charge is 0.378 e. The van der Waals surface area contributed by atoms with Gasteiger partial charge in [0.1, 0.15) is 16.5 Å². The predicted molar refractivity (Wildman–Crippen MR) is 94.7 cm³/mol. The first-order valence-electron chi connectivity index (χ1n) is 8.32. The van der Waals surface area contributed by atoms with Crippen LogP contribution in [0.3, 0.4) is 0 Å². The van der Waals surface area contributed by atoms with Crippen LogP contribution in [0.5, 0.6) is 0 Å². The minimum atomic E-state index is -4.02. The molecule has 0 atom stereocenters. The van der Waals surface area contributed by atoms with E-state index in [1.165, 1.54) is 0 Å². The lowest BCUT2D eigenvalue weighted by atomic mass is 10.1. The second-order valence-electron chi connectivity index (χ2n) is 5.99. The summed E-state index contributed by atoms with van der Waals surface area (Å²) in [6.45, 7) is 3.24. The molecular formula is C18H20F2N2O3S. The lowest BCUT2D eigenvalue weighted by molar-refractivity contribution is 0.122. The van der Waals surface area contributed by atoms with Gasteiger partial charge in [0.2, 0.25) is 10.0 Å². The van der Waals surface area contributed by atoms with Gasteiger partial charge in [-0.2, -0.15) is 0 Å². The third kappa shape index (κ3) is 4.57. The zero-order chi connectivity index (χ0) is 18.6. The van der Waals surface area contributed by atoms with Crippen molar-refractivity contribution in [1.29, 1.82) is 0 Å². The lowest BCUT2D eigenvalue weighted by Crippen LogP contribution is -2.36. The Kier molecular flexibility index (Phi) is 5.85. The first kappa shape index (κ1) is 18.8. The van der Waals surface area contributed by atoms with Crippen LogP contribution < -0.4 is 9.62 Å². The summed E-state index contributed by atoms with van der Waals surface area (Å²) < 4.78 is 58.5. The molecule has 8 heteroatoms. The average Bonchev–Trinajstić information content (AvgIpc) is 2.62. The van der Waals surface area contributed by atoms with E-state index in [-0.39, 0.29) is 6.54 Å². The SMILES string of the molecule is O=S(=O)(NCCc1ccc(N2CCOCC2)cc1)c1ccc(F)cc1F. The molecule has 1 aliphatic rings. The molecule has 0 amide bonds. The second kappa shape index (κ2) is 8.11. The molecule has 5 nitrogen and oxygen atoms in total. The van der Waals surface area contributed by atoms with E-state index in [0.717, 1.165) is 36.5 Å². The molecule has 0 saturated carbocycles. The fraction of sp³-hybridized carbons (Fsp3) is 0.333. The third-order valence-corrected chi connectivity index (χ3v) is 5.70. The van der Waals surface area contributed by atoms with E-state index in [0.29, 0.717) is 25.7 Å². The third-order valence-electron chi connectivity index (χ3n) is 4.20. The number of ether oxygens (including phenoxy) is 1. The standard InChI is InChI=1S/C18H20F2N2O3S/c19-15-3-6-18(17(20)13-15)26(23,24)21-8-7-14-1-4-16(5-2-14)22-9-11-25-12-10-22/h1-6,13,21H,7-12H2. The van der Waals surface area contributed by atoms with Gasteiger partial charge in [-0.05, 0) is 36.2 Å². The van der Waals surface area contributed by atoms with E-state index < -0.39 is 26.6 Å². The molecule has 0 bridgehead atoms. The molecule has 1 saturated heterocycles. The summed E-state index contributed by atoms with van der Waals surface area (Å²) in [5.74, 6) is -1.92. The van der Waals surface area contributed by atoms with Gasteiger partial charge in [-0.25, -0.2) is 21.9 Å². The number of nitrogens with zero attached hydrogens (tertiary/aromatic N) is 1. The van der Waals surface area contributed by atoms with Crippen LogP contribution in [0.1, 0.15) is 5.56 Å². The fourth-order valence-electron chi connectivity index (χ4n) is 2.80. The van der Waals surface area contributed by atoms with Gasteiger partial charge >= 0.3 is 0 Å². The van der Waals surface area contributed by atoms with Gasteiger partial charge in [0.25, 0.3) is 0 Å². The maximum absolute atomic E-state index is 13.6. The molecule has 140 valence electrons. The Hall–Kier alpha value is -2.03. The van der Waals surface area contributed by atoms with Gasteiger partial charge in [0.05, 0.1) is 13.2 Å². The number of hydrogen-bond acceptors (Lipinski definition) is 4. The molecule has 1 aliphatic heterocycles. The van der Waals surface area contributed by atoms with Crippen molar-refractivity contribution in [3.63, 3.8) is 0 Å². The van der Waals surface area contributed by atoms with E-state index in [2.05, 4.69) is 9.62 Å². The van der Waals surface area contributed by atoms with Crippen LogP contribution in [0.2, 0.25) is 0 Å². The Morgan fingerprint density at radius 1 is 1.04 bits per heavy atom. The molecule has 0 aromatic heterocycles. The summed E-state index contributed by atoms with van der Waals surface area (Å²) in [6, 6.07) is 10.3. The van der Waals surface area contributed by atoms with Crippen LogP contribution in [0.15, 0.2) is 47.4 Å². The Morgan fingerprint density at radius 2 is 1.73 bits per heavy atom. The van der Waals surface area contributed by atoms with Crippen LogP contribution in [0.25, 0.3) is 0 Å². The number of rotatable bonds is 6. The first-order valence-corrected chi connectivity index (χ1v) is 9.80. The molecule has 1 fully saturated rings. The van der Waals surface area contributed by atoms with E-state index in [9.17, 15) is 17.2 Å². The molecule has 1 N–H and O–H groups in total. The maximum Gasteiger partial charge on any atom is 0.243 e. The van der Waals surface area contributed by atoms with Gasteiger partial charge in [-0.1, -0.05) is 12.1 Å². The highest BCUT2D eigenvalue weighted by Gasteiger charge is 2.19. The number of sulfonamides is 1. The van der Waals surface area contributed by atoms with Gasteiger partial charge < -0.3 is 9.64 Å². The van der Waals surface area contributed by atoms with E-state index in [1.807, 2.05) is 24.3 Å². The number of benzene rings is 2. The van der Waals surface area contributed by atoms with Crippen molar-refractivity contribution < 1.29 is 21.9 Å². The first-order chi connectivity index (χ1) is 12.5. The van der Waals surface area contributed by atoms with Crippen molar-refractivity contribution in [2.75, 3.05) is 37.7 Å². The molecule has 0 radical (unpaired) electrons. The van der Waals surface area contributed by atoms with Gasteiger partial charge in [-0.3, -0.25) is 0 Å². The number of morpholine rings is 1. The topological polar surface area (TPSA) is 58.6 Å². The molecule has 2 aromatic carbocycles. The zero-order valence-electron chi connectivity index (χ0n) is 14.1. The Labute approximate surface area is 151 Å². The van der Waals surface area contributed by atoms with Crippen LogP contribution in [0.4, 0.5) is 14.5 Å². The van der Waals surface area contributed by atoms with E-state index >= 15 is 0 Å².